The zero-order valence-electron chi connectivity index (χ0n) is 14.2. The molecule has 5 nitrogen and oxygen atoms in total. The minimum Gasteiger partial charge on any atom is -0.467 e. The van der Waals surface area contributed by atoms with E-state index in [0.29, 0.717) is 11.6 Å². The fraction of sp³-hybridized carbons (Fsp3) is 0.421. The number of hydrogen-bond donors (Lipinski definition) is 0. The van der Waals surface area contributed by atoms with Crippen LogP contribution in [0, 0.1) is 5.92 Å². The fourth-order valence-electron chi connectivity index (χ4n) is 2.99. The van der Waals surface area contributed by atoms with Crippen LogP contribution >= 0.6 is 0 Å². The van der Waals surface area contributed by atoms with Crippen LogP contribution in [0.3, 0.4) is 0 Å². The van der Waals surface area contributed by atoms with Crippen LogP contribution in [-0.4, -0.2) is 34.4 Å². The van der Waals surface area contributed by atoms with E-state index >= 15 is 0 Å². The average molecular weight is 325 g/mol. The van der Waals surface area contributed by atoms with Crippen LogP contribution in [0.2, 0.25) is 0 Å². The second-order valence-corrected chi connectivity index (χ2v) is 6.27. The van der Waals surface area contributed by atoms with E-state index in [2.05, 4.69) is 29.0 Å². The van der Waals surface area contributed by atoms with Gasteiger partial charge in [0, 0.05) is 12.7 Å². The van der Waals surface area contributed by atoms with E-state index in [-0.39, 0.29) is 18.0 Å². The van der Waals surface area contributed by atoms with Gasteiger partial charge in [-0.3, -0.25) is 4.79 Å². The van der Waals surface area contributed by atoms with Gasteiger partial charge in [0.05, 0.1) is 13.2 Å². The normalized spacial score (nSPS) is 15.4. The van der Waals surface area contributed by atoms with Crippen molar-refractivity contribution in [3.05, 3.63) is 53.9 Å². The minimum absolute atomic E-state index is 0.000241. The summed E-state index contributed by atoms with van der Waals surface area (Å²) in [6.07, 6.45) is 5.21. The molecule has 126 valence electrons. The van der Waals surface area contributed by atoms with Crippen LogP contribution in [0.5, 0.6) is 6.01 Å². The molecule has 1 aliphatic rings. The van der Waals surface area contributed by atoms with Crippen molar-refractivity contribution in [1.82, 2.24) is 14.9 Å². The topological polar surface area (TPSA) is 55.3 Å². The summed E-state index contributed by atoms with van der Waals surface area (Å²) in [5.74, 6) is 0.516. The molecule has 24 heavy (non-hydrogen) atoms. The van der Waals surface area contributed by atoms with Gasteiger partial charge in [-0.2, -0.15) is 4.98 Å². The second kappa shape index (κ2) is 7.43. The first-order chi connectivity index (χ1) is 11.7. The number of aromatic nitrogens is 2. The van der Waals surface area contributed by atoms with Gasteiger partial charge >= 0.3 is 6.01 Å². The van der Waals surface area contributed by atoms with Crippen molar-refractivity contribution in [2.75, 3.05) is 13.7 Å². The first-order valence-electron chi connectivity index (χ1n) is 8.42. The molecule has 0 aliphatic heterocycles. The lowest BCUT2D eigenvalue weighted by Crippen LogP contribution is -2.39. The lowest BCUT2D eigenvalue weighted by Gasteiger charge is -2.36. The monoisotopic (exact) mass is 325 g/mol. The van der Waals surface area contributed by atoms with E-state index in [1.165, 1.54) is 26.4 Å². The Kier molecular flexibility index (Phi) is 5.08. The van der Waals surface area contributed by atoms with Crippen molar-refractivity contribution in [3.63, 3.8) is 0 Å². The number of benzene rings is 1. The highest BCUT2D eigenvalue weighted by atomic mass is 16.5. The van der Waals surface area contributed by atoms with Gasteiger partial charge in [-0.1, -0.05) is 36.8 Å². The Hall–Kier alpha value is -2.43. The van der Waals surface area contributed by atoms with E-state index in [1.807, 2.05) is 23.1 Å². The number of rotatable bonds is 6. The van der Waals surface area contributed by atoms with E-state index < -0.39 is 0 Å². The molecule has 1 fully saturated rings. The van der Waals surface area contributed by atoms with Gasteiger partial charge in [-0.25, -0.2) is 4.98 Å². The van der Waals surface area contributed by atoms with E-state index in [1.54, 1.807) is 12.3 Å². The van der Waals surface area contributed by atoms with Crippen molar-refractivity contribution in [1.29, 1.82) is 0 Å². The highest BCUT2D eigenvalue weighted by Crippen LogP contribution is 2.31. The molecule has 1 saturated carbocycles. The predicted octanol–water partition coefficient (Wildman–Crippen LogP) is 3.49. The highest BCUT2D eigenvalue weighted by molar-refractivity contribution is 5.92. The van der Waals surface area contributed by atoms with Gasteiger partial charge in [0.15, 0.2) is 0 Å². The van der Waals surface area contributed by atoms with Crippen LogP contribution in [0.25, 0.3) is 0 Å². The van der Waals surface area contributed by atoms with Crippen molar-refractivity contribution in [3.8, 4) is 6.01 Å². The Balaban J connectivity index is 1.86. The molecule has 1 heterocycles. The predicted molar refractivity (Wildman–Crippen MR) is 91.8 cm³/mol. The largest absolute Gasteiger partial charge is 0.467 e. The lowest BCUT2D eigenvalue weighted by molar-refractivity contribution is 0.0606. The van der Waals surface area contributed by atoms with Crippen LogP contribution in [0.4, 0.5) is 0 Å². The first-order valence-corrected chi connectivity index (χ1v) is 8.42. The maximum Gasteiger partial charge on any atom is 0.316 e. The molecule has 1 atom stereocenters. The summed E-state index contributed by atoms with van der Waals surface area (Å²) in [7, 11) is 1.50. The molecule has 0 radical (unpaired) electrons. The van der Waals surface area contributed by atoms with Crippen LogP contribution in [0.1, 0.15) is 48.3 Å². The maximum atomic E-state index is 13.1. The van der Waals surface area contributed by atoms with Crippen LogP contribution in [-0.2, 0) is 0 Å². The Bertz CT molecular complexity index is 686. The summed E-state index contributed by atoms with van der Waals surface area (Å²) in [6, 6.07) is 12.0. The van der Waals surface area contributed by atoms with Gasteiger partial charge in [-0.15, -0.1) is 0 Å². The number of carbonyl (C=O) groups excluding carboxylic acids is 1. The van der Waals surface area contributed by atoms with Crippen LogP contribution in [0.15, 0.2) is 42.6 Å². The Labute approximate surface area is 142 Å². The molecule has 0 spiro atoms. The summed E-state index contributed by atoms with van der Waals surface area (Å²) in [5, 5.41) is 0. The molecule has 0 N–H and O–H groups in total. The number of nitrogens with zero attached hydrogens (tertiary/aromatic N) is 3. The maximum absolute atomic E-state index is 13.1. The summed E-state index contributed by atoms with van der Waals surface area (Å²) in [4.78, 5) is 23.2. The molecule has 2 aromatic rings. The first kappa shape index (κ1) is 16.4. The smallest absolute Gasteiger partial charge is 0.316 e. The number of amides is 1. The summed E-state index contributed by atoms with van der Waals surface area (Å²) < 4.78 is 5.05. The van der Waals surface area contributed by atoms with Gasteiger partial charge in [0.2, 0.25) is 0 Å². The van der Waals surface area contributed by atoms with E-state index in [4.69, 9.17) is 4.74 Å². The Morgan fingerprint density at radius 2 is 2.04 bits per heavy atom. The van der Waals surface area contributed by atoms with Gasteiger partial charge in [0.1, 0.15) is 5.69 Å². The summed E-state index contributed by atoms with van der Waals surface area (Å²) >= 11 is 0. The fourth-order valence-corrected chi connectivity index (χ4v) is 2.99. The van der Waals surface area contributed by atoms with Crippen LogP contribution < -0.4 is 4.74 Å². The molecular formula is C19H23N3O2. The molecule has 1 aromatic heterocycles. The molecule has 1 aromatic carbocycles. The molecule has 3 rings (SSSR count). The zero-order valence-corrected chi connectivity index (χ0v) is 14.2. The number of carbonyl (C=O) groups is 1. The van der Waals surface area contributed by atoms with E-state index in [9.17, 15) is 4.79 Å². The van der Waals surface area contributed by atoms with Gasteiger partial charge in [0.25, 0.3) is 5.91 Å². The molecule has 5 heteroatoms. The zero-order chi connectivity index (χ0) is 16.9. The standard InChI is InChI=1S/C19H23N3O2/c1-14(16-9-4-3-5-10-16)22(13-15-7-6-8-15)18(23)17-11-12-20-19(21-17)24-2/h3-5,9-12,14-15H,6-8,13H2,1-2H3. The number of methoxy groups -OCH3 is 1. The summed E-state index contributed by atoms with van der Waals surface area (Å²) in [6.45, 7) is 2.84. The third kappa shape index (κ3) is 3.55. The Morgan fingerprint density at radius 3 is 2.67 bits per heavy atom. The average Bonchev–Trinajstić information content (AvgIpc) is 2.60. The van der Waals surface area contributed by atoms with Crippen molar-refractivity contribution in [2.24, 2.45) is 5.92 Å². The molecule has 0 saturated heterocycles. The molecule has 1 aliphatic carbocycles. The third-order valence-electron chi connectivity index (χ3n) is 4.73. The summed E-state index contributed by atoms with van der Waals surface area (Å²) in [5.41, 5.74) is 1.51. The van der Waals surface area contributed by atoms with E-state index in [0.717, 1.165) is 12.1 Å². The highest BCUT2D eigenvalue weighted by Gasteiger charge is 2.29. The van der Waals surface area contributed by atoms with Crippen molar-refractivity contribution in [2.45, 2.75) is 32.2 Å². The van der Waals surface area contributed by atoms with Gasteiger partial charge in [-0.05, 0) is 37.3 Å². The SMILES string of the molecule is COc1nccc(C(=O)N(CC2CCC2)C(C)c2ccccc2)n1. The molecule has 1 amide bonds. The molecule has 1 unspecified atom stereocenters. The number of hydrogen-bond acceptors (Lipinski definition) is 4. The second-order valence-electron chi connectivity index (χ2n) is 6.27. The number of ether oxygens (including phenoxy) is 1. The van der Waals surface area contributed by atoms with Crippen molar-refractivity contribution < 1.29 is 9.53 Å². The minimum atomic E-state index is -0.0704. The van der Waals surface area contributed by atoms with Crippen molar-refractivity contribution >= 4 is 5.91 Å². The van der Waals surface area contributed by atoms with Gasteiger partial charge < -0.3 is 9.64 Å². The molecule has 0 bridgehead atoms. The lowest BCUT2D eigenvalue weighted by atomic mass is 9.84. The third-order valence-corrected chi connectivity index (χ3v) is 4.73. The Morgan fingerprint density at radius 1 is 1.29 bits per heavy atom. The quantitative estimate of drug-likeness (QED) is 0.816. The molecular weight excluding hydrogens is 302 g/mol.